The van der Waals surface area contributed by atoms with Crippen LogP contribution in [0.1, 0.15) is 21.7 Å². The molecule has 0 spiro atoms. The Bertz CT molecular complexity index is 945. The van der Waals surface area contributed by atoms with Crippen molar-refractivity contribution in [3.05, 3.63) is 35.2 Å². The van der Waals surface area contributed by atoms with E-state index in [1.165, 1.54) is 17.7 Å². The van der Waals surface area contributed by atoms with Crippen molar-refractivity contribution in [1.82, 2.24) is 19.9 Å². The van der Waals surface area contributed by atoms with Gasteiger partial charge < -0.3 is 14.9 Å². The molecule has 0 bridgehead atoms. The molecule has 9 heteroatoms. The van der Waals surface area contributed by atoms with Gasteiger partial charge in [-0.3, -0.25) is 0 Å². The molecule has 4 heterocycles. The Balaban J connectivity index is 1.65. The minimum atomic E-state index is -0.917. The average molecular weight is 370 g/mol. The zero-order chi connectivity index (χ0) is 18.1. The van der Waals surface area contributed by atoms with Crippen molar-refractivity contribution in [3.63, 3.8) is 0 Å². The molecule has 1 N–H and O–H groups in total. The number of anilines is 2. The van der Waals surface area contributed by atoms with Gasteiger partial charge in [-0.1, -0.05) is 0 Å². The first kappa shape index (κ1) is 16.6. The summed E-state index contributed by atoms with van der Waals surface area (Å²) in [6.07, 6.45) is 5.96. The monoisotopic (exact) mass is 370 g/mol. The maximum atomic E-state index is 11.5. The molecule has 3 aromatic heterocycles. The number of fused-ring (bicyclic) bond motifs is 1. The summed E-state index contributed by atoms with van der Waals surface area (Å²) < 4.78 is 0. The second-order valence-electron chi connectivity index (χ2n) is 6.12. The van der Waals surface area contributed by atoms with Crippen LogP contribution in [0.5, 0.6) is 0 Å². The van der Waals surface area contributed by atoms with Crippen molar-refractivity contribution in [1.29, 1.82) is 0 Å². The molecule has 8 nitrogen and oxygen atoms in total. The lowest BCUT2D eigenvalue weighted by atomic mass is 10.2. The Morgan fingerprint density at radius 2 is 1.81 bits per heavy atom. The Morgan fingerprint density at radius 3 is 2.58 bits per heavy atom. The van der Waals surface area contributed by atoms with E-state index in [2.05, 4.69) is 29.7 Å². The van der Waals surface area contributed by atoms with Crippen LogP contribution in [-0.4, -0.2) is 57.2 Å². The number of rotatable bonds is 3. The van der Waals surface area contributed by atoms with Crippen LogP contribution in [-0.2, 0) is 0 Å². The van der Waals surface area contributed by atoms with Crippen LogP contribution in [0, 0.1) is 6.92 Å². The summed E-state index contributed by atoms with van der Waals surface area (Å²) >= 11 is 1.21. The van der Waals surface area contributed by atoms with Gasteiger partial charge in [-0.2, -0.15) is 0 Å². The fraction of sp³-hybridized carbons (Fsp3) is 0.353. The highest BCUT2D eigenvalue weighted by Gasteiger charge is 2.23. The summed E-state index contributed by atoms with van der Waals surface area (Å²) in [4.78, 5) is 34.3. The van der Waals surface area contributed by atoms with Crippen molar-refractivity contribution >= 4 is 39.3 Å². The fourth-order valence-corrected chi connectivity index (χ4v) is 4.26. The summed E-state index contributed by atoms with van der Waals surface area (Å²) in [5.74, 6) is 0.633. The first-order valence-corrected chi connectivity index (χ1v) is 9.21. The predicted octanol–water partition coefficient (Wildman–Crippen LogP) is 2.20. The molecule has 0 aromatic carbocycles. The van der Waals surface area contributed by atoms with Crippen molar-refractivity contribution < 1.29 is 9.90 Å². The molecular weight excluding hydrogens is 352 g/mol. The zero-order valence-electron chi connectivity index (χ0n) is 14.3. The summed E-state index contributed by atoms with van der Waals surface area (Å²) in [5, 5.41) is 10.2. The van der Waals surface area contributed by atoms with Crippen molar-refractivity contribution in [2.45, 2.75) is 13.3 Å². The number of nitrogens with zero attached hydrogens (tertiary/aromatic N) is 6. The third-order valence-corrected chi connectivity index (χ3v) is 5.72. The Hall–Kier alpha value is -2.81. The molecule has 3 aromatic rings. The minimum Gasteiger partial charge on any atom is -0.477 e. The molecule has 0 atom stereocenters. The quantitative estimate of drug-likeness (QED) is 0.750. The average Bonchev–Trinajstić information content (AvgIpc) is 2.84. The van der Waals surface area contributed by atoms with Gasteiger partial charge in [-0.15, -0.1) is 11.3 Å². The van der Waals surface area contributed by atoms with Crippen LogP contribution in [0.25, 0.3) is 10.2 Å². The molecular formula is C17H18N6O2S. The smallest absolute Gasteiger partial charge is 0.346 e. The number of carboxylic acid groups (broad SMARTS) is 1. The SMILES string of the molecule is Cc1c(C(=O)O)sc2ncnc(N3CCCN(c4ncccn4)CC3)c12. The maximum Gasteiger partial charge on any atom is 0.346 e. The summed E-state index contributed by atoms with van der Waals surface area (Å²) in [5.41, 5.74) is 0.737. The lowest BCUT2D eigenvalue weighted by Gasteiger charge is -2.23. The maximum absolute atomic E-state index is 11.5. The largest absolute Gasteiger partial charge is 0.477 e. The normalized spacial score (nSPS) is 15.3. The van der Waals surface area contributed by atoms with Crippen LogP contribution in [0.3, 0.4) is 0 Å². The number of thiophene rings is 1. The van der Waals surface area contributed by atoms with E-state index >= 15 is 0 Å². The molecule has 0 unspecified atom stereocenters. The van der Waals surface area contributed by atoms with Crippen LogP contribution in [0.2, 0.25) is 0 Å². The molecule has 1 saturated heterocycles. The fourth-order valence-electron chi connectivity index (χ4n) is 3.28. The number of aryl methyl sites for hydroxylation is 1. The van der Waals surface area contributed by atoms with E-state index in [0.717, 1.165) is 60.1 Å². The van der Waals surface area contributed by atoms with E-state index in [0.29, 0.717) is 4.88 Å². The van der Waals surface area contributed by atoms with Gasteiger partial charge >= 0.3 is 5.97 Å². The molecule has 4 rings (SSSR count). The molecule has 0 radical (unpaired) electrons. The Kier molecular flexibility index (Phi) is 4.37. The molecule has 0 amide bonds. The number of aromatic nitrogens is 4. The van der Waals surface area contributed by atoms with E-state index in [1.54, 1.807) is 12.4 Å². The second kappa shape index (κ2) is 6.83. The lowest BCUT2D eigenvalue weighted by Crippen LogP contribution is -2.32. The topological polar surface area (TPSA) is 95.3 Å². The standard InChI is InChI=1S/C17H18N6O2S/c1-11-12-14(20-10-21-15(12)26-13(11)16(24)25)22-6-3-7-23(9-8-22)17-18-4-2-5-19-17/h2,4-5,10H,3,6-9H2,1H3,(H,24,25). The Labute approximate surface area is 154 Å². The first-order valence-electron chi connectivity index (χ1n) is 8.39. The van der Waals surface area contributed by atoms with Crippen LogP contribution in [0.15, 0.2) is 24.8 Å². The van der Waals surface area contributed by atoms with Crippen molar-refractivity contribution in [3.8, 4) is 0 Å². The minimum absolute atomic E-state index is 0.330. The third-order valence-electron chi connectivity index (χ3n) is 4.53. The summed E-state index contributed by atoms with van der Waals surface area (Å²) in [6, 6.07) is 1.81. The summed E-state index contributed by atoms with van der Waals surface area (Å²) in [7, 11) is 0. The second-order valence-corrected chi connectivity index (χ2v) is 7.11. The van der Waals surface area contributed by atoms with Crippen LogP contribution in [0.4, 0.5) is 11.8 Å². The van der Waals surface area contributed by atoms with Gasteiger partial charge in [0.1, 0.15) is 21.9 Å². The number of carbonyl (C=O) groups is 1. The number of aromatic carboxylic acids is 1. The molecule has 134 valence electrons. The van der Waals surface area contributed by atoms with Crippen LogP contribution < -0.4 is 9.80 Å². The highest BCUT2D eigenvalue weighted by molar-refractivity contribution is 7.20. The van der Waals surface area contributed by atoms with Crippen molar-refractivity contribution in [2.75, 3.05) is 36.0 Å². The van der Waals surface area contributed by atoms with Crippen molar-refractivity contribution in [2.24, 2.45) is 0 Å². The van der Waals surface area contributed by atoms with Gasteiger partial charge in [0.05, 0.1) is 5.39 Å². The molecule has 26 heavy (non-hydrogen) atoms. The molecule has 0 aliphatic carbocycles. The highest BCUT2D eigenvalue weighted by atomic mass is 32.1. The predicted molar refractivity (Wildman–Crippen MR) is 100 cm³/mol. The van der Waals surface area contributed by atoms with E-state index in [1.807, 2.05) is 13.0 Å². The van der Waals surface area contributed by atoms with Gasteiger partial charge in [0.25, 0.3) is 0 Å². The highest BCUT2D eigenvalue weighted by Crippen LogP contribution is 2.35. The molecule has 1 fully saturated rings. The van der Waals surface area contributed by atoms with Gasteiger partial charge in [0.15, 0.2) is 0 Å². The first-order chi connectivity index (χ1) is 12.6. The molecule has 0 saturated carbocycles. The zero-order valence-corrected chi connectivity index (χ0v) is 15.1. The van der Waals surface area contributed by atoms with E-state index in [4.69, 9.17) is 0 Å². The van der Waals surface area contributed by atoms with Crippen LogP contribution >= 0.6 is 11.3 Å². The van der Waals surface area contributed by atoms with Gasteiger partial charge in [-0.25, -0.2) is 24.7 Å². The Morgan fingerprint density at radius 1 is 1.08 bits per heavy atom. The number of hydrogen-bond acceptors (Lipinski definition) is 8. The van der Waals surface area contributed by atoms with E-state index < -0.39 is 5.97 Å². The summed E-state index contributed by atoms with van der Waals surface area (Å²) in [6.45, 7) is 5.09. The van der Waals surface area contributed by atoms with Gasteiger partial charge in [0, 0.05) is 38.6 Å². The lowest BCUT2D eigenvalue weighted by molar-refractivity contribution is 0.0701. The van der Waals surface area contributed by atoms with Gasteiger partial charge in [0.2, 0.25) is 5.95 Å². The third kappa shape index (κ3) is 2.94. The number of hydrogen-bond donors (Lipinski definition) is 1. The number of carboxylic acids is 1. The van der Waals surface area contributed by atoms with Gasteiger partial charge in [-0.05, 0) is 25.0 Å². The molecule has 1 aliphatic rings. The molecule has 1 aliphatic heterocycles. The van der Waals surface area contributed by atoms with E-state index in [9.17, 15) is 9.90 Å². The van der Waals surface area contributed by atoms with E-state index in [-0.39, 0.29) is 0 Å².